The van der Waals surface area contributed by atoms with E-state index in [0.29, 0.717) is 5.75 Å². The lowest BCUT2D eigenvalue weighted by atomic mass is 9.86. The number of carbonyl (C=O) groups is 1. The molecule has 0 aliphatic carbocycles. The Morgan fingerprint density at radius 3 is 2.33 bits per heavy atom. The molecule has 0 spiro atoms. The maximum Gasteiger partial charge on any atom is 0.222 e. The lowest BCUT2D eigenvalue weighted by Gasteiger charge is -2.20. The molecule has 4 nitrogen and oxygen atoms in total. The summed E-state index contributed by atoms with van der Waals surface area (Å²) in [5.41, 5.74) is 1.99. The minimum Gasteiger partial charge on any atom is -0.337 e. The molecule has 1 aromatic rings. The zero-order valence-electron chi connectivity index (χ0n) is 13.0. The molecular formula is C16H22N2O2S. The van der Waals surface area contributed by atoms with Gasteiger partial charge in [-0.15, -0.1) is 0 Å². The average Bonchev–Trinajstić information content (AvgIpc) is 2.41. The molecule has 1 N–H and O–H groups in total. The van der Waals surface area contributed by atoms with Gasteiger partial charge in [0.15, 0.2) is 0 Å². The van der Waals surface area contributed by atoms with Gasteiger partial charge in [0.2, 0.25) is 5.91 Å². The lowest BCUT2D eigenvalue weighted by Crippen LogP contribution is -2.28. The predicted molar refractivity (Wildman–Crippen MR) is 85.2 cm³/mol. The van der Waals surface area contributed by atoms with Gasteiger partial charge in [0.25, 0.3) is 0 Å². The molecule has 0 heterocycles. The fourth-order valence-electron chi connectivity index (χ4n) is 1.84. The van der Waals surface area contributed by atoms with Crippen LogP contribution in [0.4, 0.5) is 0 Å². The van der Waals surface area contributed by atoms with Crippen LogP contribution in [-0.2, 0) is 21.0 Å². The first-order valence-corrected chi connectivity index (χ1v) is 8.56. The zero-order chi connectivity index (χ0) is 16.0. The number of hydrogen-bond acceptors (Lipinski definition) is 3. The van der Waals surface area contributed by atoms with Gasteiger partial charge in [-0.05, 0) is 16.5 Å². The minimum atomic E-state index is -1.00. The molecular weight excluding hydrogens is 284 g/mol. The molecule has 0 aromatic heterocycles. The SMILES string of the molecule is C[S@](=O)CCC(=O)N[C@@H](C#N)c1ccc(C(C)(C)C)cc1. The number of nitrogens with zero attached hydrogens (tertiary/aromatic N) is 1. The molecule has 0 radical (unpaired) electrons. The van der Waals surface area contributed by atoms with Crippen molar-refractivity contribution in [3.63, 3.8) is 0 Å². The first kappa shape index (κ1) is 17.4. The summed E-state index contributed by atoms with van der Waals surface area (Å²) >= 11 is 0. The van der Waals surface area contributed by atoms with Crippen molar-refractivity contribution in [1.29, 1.82) is 5.26 Å². The topological polar surface area (TPSA) is 70.0 Å². The van der Waals surface area contributed by atoms with Crippen LogP contribution in [0.5, 0.6) is 0 Å². The van der Waals surface area contributed by atoms with E-state index in [1.807, 2.05) is 24.3 Å². The molecule has 0 saturated heterocycles. The van der Waals surface area contributed by atoms with Gasteiger partial charge in [0.1, 0.15) is 6.04 Å². The highest BCUT2D eigenvalue weighted by atomic mass is 32.2. The van der Waals surface area contributed by atoms with Crippen molar-refractivity contribution in [2.45, 2.75) is 38.6 Å². The largest absolute Gasteiger partial charge is 0.337 e. The molecule has 1 aromatic carbocycles. The summed E-state index contributed by atoms with van der Waals surface area (Å²) < 4.78 is 11.0. The number of carbonyl (C=O) groups excluding carboxylic acids is 1. The van der Waals surface area contributed by atoms with E-state index in [1.165, 1.54) is 5.56 Å². The van der Waals surface area contributed by atoms with Crippen LogP contribution in [0.25, 0.3) is 0 Å². The van der Waals surface area contributed by atoms with Gasteiger partial charge >= 0.3 is 0 Å². The second-order valence-corrected chi connectivity index (χ2v) is 7.58. The summed E-state index contributed by atoms with van der Waals surface area (Å²) in [6.45, 7) is 6.36. The highest BCUT2D eigenvalue weighted by molar-refractivity contribution is 7.84. The Bertz CT molecular complexity index is 553. The van der Waals surface area contributed by atoms with Crippen LogP contribution in [0.2, 0.25) is 0 Å². The van der Waals surface area contributed by atoms with E-state index in [0.717, 1.165) is 5.56 Å². The molecule has 0 fully saturated rings. The number of hydrogen-bond donors (Lipinski definition) is 1. The summed E-state index contributed by atoms with van der Waals surface area (Å²) in [7, 11) is -1.00. The van der Waals surface area contributed by atoms with E-state index in [4.69, 9.17) is 0 Å². The number of rotatable bonds is 5. The predicted octanol–water partition coefficient (Wildman–Crippen LogP) is 2.43. The van der Waals surface area contributed by atoms with Crippen molar-refractivity contribution >= 4 is 16.7 Å². The minimum absolute atomic E-state index is 0.0507. The molecule has 5 heteroatoms. The third-order valence-corrected chi connectivity index (χ3v) is 3.94. The number of nitrogens with one attached hydrogen (secondary N) is 1. The van der Waals surface area contributed by atoms with E-state index >= 15 is 0 Å². The molecule has 0 saturated carbocycles. The van der Waals surface area contributed by atoms with Gasteiger partial charge in [0.05, 0.1) is 6.07 Å². The van der Waals surface area contributed by atoms with Crippen LogP contribution < -0.4 is 5.32 Å². The molecule has 114 valence electrons. The Morgan fingerprint density at radius 1 is 1.33 bits per heavy atom. The van der Waals surface area contributed by atoms with E-state index in [1.54, 1.807) is 6.26 Å². The van der Waals surface area contributed by atoms with Crippen molar-refractivity contribution in [2.24, 2.45) is 0 Å². The summed E-state index contributed by atoms with van der Waals surface area (Å²) in [5.74, 6) is 0.0593. The smallest absolute Gasteiger partial charge is 0.222 e. The van der Waals surface area contributed by atoms with Gasteiger partial charge in [0, 0.05) is 29.2 Å². The second-order valence-electron chi connectivity index (χ2n) is 6.03. The van der Waals surface area contributed by atoms with Crippen molar-refractivity contribution in [1.82, 2.24) is 5.32 Å². The fourth-order valence-corrected chi connectivity index (χ4v) is 2.31. The standard InChI is InChI=1S/C16H22N2O2S/c1-16(2,3)13-7-5-12(6-8-13)14(11-17)18-15(19)9-10-21(4)20/h5-8,14H,9-10H2,1-4H3,(H,18,19)/t14-,21-/m0/s1. The average molecular weight is 306 g/mol. The van der Waals surface area contributed by atoms with Crippen LogP contribution in [0, 0.1) is 11.3 Å². The van der Waals surface area contributed by atoms with Gasteiger partial charge in [-0.2, -0.15) is 5.26 Å². The van der Waals surface area contributed by atoms with Gasteiger partial charge in [-0.1, -0.05) is 45.0 Å². The molecule has 1 amide bonds. The maximum atomic E-state index is 11.7. The Kier molecular flexibility index (Phi) is 6.10. The fraction of sp³-hybridized carbons (Fsp3) is 0.500. The molecule has 21 heavy (non-hydrogen) atoms. The molecule has 1 rings (SSSR count). The van der Waals surface area contributed by atoms with Crippen LogP contribution in [-0.4, -0.2) is 22.1 Å². The summed E-state index contributed by atoms with van der Waals surface area (Å²) in [6, 6.07) is 9.11. The first-order valence-electron chi connectivity index (χ1n) is 6.83. The van der Waals surface area contributed by atoms with E-state index in [-0.39, 0.29) is 17.7 Å². The highest BCUT2D eigenvalue weighted by Gasteiger charge is 2.17. The quantitative estimate of drug-likeness (QED) is 0.908. The van der Waals surface area contributed by atoms with Crippen molar-refractivity contribution < 1.29 is 9.00 Å². The number of amides is 1. The normalized spacial score (nSPS) is 14.0. The van der Waals surface area contributed by atoms with Gasteiger partial charge < -0.3 is 5.32 Å². The van der Waals surface area contributed by atoms with E-state index in [9.17, 15) is 14.3 Å². The molecule has 0 aliphatic heterocycles. The second kappa shape index (κ2) is 7.37. The van der Waals surface area contributed by atoms with Crippen molar-refractivity contribution in [3.8, 4) is 6.07 Å². The first-order chi connectivity index (χ1) is 9.74. The summed E-state index contributed by atoms with van der Waals surface area (Å²) in [4.78, 5) is 11.7. The maximum absolute atomic E-state index is 11.7. The Hall–Kier alpha value is -1.67. The van der Waals surface area contributed by atoms with E-state index < -0.39 is 16.8 Å². The van der Waals surface area contributed by atoms with Crippen LogP contribution in [0.15, 0.2) is 24.3 Å². The molecule has 0 unspecified atom stereocenters. The zero-order valence-corrected chi connectivity index (χ0v) is 13.8. The summed E-state index contributed by atoms with van der Waals surface area (Å²) in [6.07, 6.45) is 1.72. The van der Waals surface area contributed by atoms with Gasteiger partial charge in [-0.25, -0.2) is 0 Å². The van der Waals surface area contributed by atoms with Crippen LogP contribution in [0.3, 0.4) is 0 Å². The highest BCUT2D eigenvalue weighted by Crippen LogP contribution is 2.23. The molecule has 0 bridgehead atoms. The Morgan fingerprint density at radius 2 is 1.90 bits per heavy atom. The van der Waals surface area contributed by atoms with Crippen LogP contribution >= 0.6 is 0 Å². The summed E-state index contributed by atoms with van der Waals surface area (Å²) in [5, 5.41) is 11.9. The van der Waals surface area contributed by atoms with Crippen molar-refractivity contribution in [2.75, 3.05) is 12.0 Å². The van der Waals surface area contributed by atoms with Crippen molar-refractivity contribution in [3.05, 3.63) is 35.4 Å². The Balaban J connectivity index is 2.75. The third-order valence-electron chi connectivity index (χ3n) is 3.16. The number of nitriles is 1. The lowest BCUT2D eigenvalue weighted by molar-refractivity contribution is -0.121. The van der Waals surface area contributed by atoms with E-state index in [2.05, 4.69) is 32.2 Å². The van der Waals surface area contributed by atoms with Gasteiger partial charge in [-0.3, -0.25) is 9.00 Å². The monoisotopic (exact) mass is 306 g/mol. The Labute approximate surface area is 129 Å². The molecule has 2 atom stereocenters. The third kappa shape index (κ3) is 5.68. The number of benzene rings is 1. The van der Waals surface area contributed by atoms with Crippen LogP contribution in [0.1, 0.15) is 44.4 Å². The molecule has 0 aliphatic rings.